The highest BCUT2D eigenvalue weighted by atomic mass is 32.2. The molecule has 33 heavy (non-hydrogen) atoms. The Morgan fingerprint density at radius 1 is 1.12 bits per heavy atom. The van der Waals surface area contributed by atoms with Gasteiger partial charge in [-0.25, -0.2) is 4.98 Å². The van der Waals surface area contributed by atoms with E-state index in [4.69, 9.17) is 4.42 Å². The molecule has 5 aromatic rings. The lowest BCUT2D eigenvalue weighted by Crippen LogP contribution is -2.12. The highest BCUT2D eigenvalue weighted by Crippen LogP contribution is 2.29. The average Bonchev–Trinajstić information content (AvgIpc) is 3.54. The number of aromatic nitrogens is 5. The number of rotatable bonds is 6. The Balaban J connectivity index is 1.46. The monoisotopic (exact) mass is 477 g/mol. The minimum absolute atomic E-state index is 0.0754. The van der Waals surface area contributed by atoms with Gasteiger partial charge in [0.05, 0.1) is 18.5 Å². The van der Waals surface area contributed by atoms with Crippen molar-refractivity contribution in [1.82, 2.24) is 24.1 Å². The average molecular weight is 478 g/mol. The summed E-state index contributed by atoms with van der Waals surface area (Å²) in [5, 5.41) is 11.6. The van der Waals surface area contributed by atoms with Gasteiger partial charge in [-0.15, -0.1) is 21.5 Å². The molecule has 0 fully saturated rings. The van der Waals surface area contributed by atoms with Gasteiger partial charge in [-0.1, -0.05) is 56.8 Å². The van der Waals surface area contributed by atoms with Crippen LogP contribution in [0.15, 0.2) is 74.7 Å². The molecule has 0 aliphatic heterocycles. The molecule has 0 aliphatic carbocycles. The fourth-order valence-electron chi connectivity index (χ4n) is 3.53. The van der Waals surface area contributed by atoms with Gasteiger partial charge in [-0.3, -0.25) is 13.8 Å². The van der Waals surface area contributed by atoms with Crippen molar-refractivity contribution >= 4 is 28.1 Å². The van der Waals surface area contributed by atoms with Crippen molar-refractivity contribution in [2.45, 2.75) is 43.6 Å². The second kappa shape index (κ2) is 8.64. The Bertz CT molecular complexity index is 1440. The van der Waals surface area contributed by atoms with E-state index >= 15 is 0 Å². The SMILES string of the molecule is CC(C)(C)c1ccc(-c2nnc(SCc3cc(=O)n4ccsc4n3)n2Cc2ccco2)cc1. The highest BCUT2D eigenvalue weighted by Gasteiger charge is 2.18. The number of furan rings is 1. The second-order valence-electron chi connectivity index (χ2n) is 8.73. The van der Waals surface area contributed by atoms with Crippen molar-refractivity contribution in [3.05, 3.63) is 87.7 Å². The Morgan fingerprint density at radius 2 is 1.94 bits per heavy atom. The molecule has 4 heterocycles. The fourth-order valence-corrected chi connectivity index (χ4v) is 5.10. The molecule has 0 saturated carbocycles. The molecule has 4 aromatic heterocycles. The third-order valence-electron chi connectivity index (χ3n) is 5.33. The zero-order valence-corrected chi connectivity index (χ0v) is 20.2. The second-order valence-corrected chi connectivity index (χ2v) is 10.5. The van der Waals surface area contributed by atoms with Crippen molar-refractivity contribution < 1.29 is 4.42 Å². The molecule has 0 unspecified atom stereocenters. The van der Waals surface area contributed by atoms with Gasteiger partial charge in [-0.05, 0) is 23.1 Å². The van der Waals surface area contributed by atoms with Gasteiger partial charge in [0.25, 0.3) is 5.56 Å². The van der Waals surface area contributed by atoms with Gasteiger partial charge in [-0.2, -0.15) is 0 Å². The topological polar surface area (TPSA) is 78.2 Å². The maximum Gasteiger partial charge on any atom is 0.258 e. The Labute approximate surface area is 199 Å². The van der Waals surface area contributed by atoms with E-state index in [0.29, 0.717) is 17.3 Å². The van der Waals surface area contributed by atoms with E-state index in [1.807, 2.05) is 22.1 Å². The first-order chi connectivity index (χ1) is 15.9. The lowest BCUT2D eigenvalue weighted by Gasteiger charge is -2.19. The first-order valence-electron chi connectivity index (χ1n) is 10.5. The molecule has 9 heteroatoms. The standard InChI is InChI=1S/C24H23N5O2S2/c1-24(2,3)17-8-6-16(7-9-17)21-26-27-23(29(21)14-19-5-4-11-31-19)33-15-18-13-20(30)28-10-12-32-22(28)25-18/h4-13H,14-15H2,1-3H3. The normalized spacial score (nSPS) is 12.0. The molecule has 0 N–H and O–H groups in total. The first-order valence-corrected chi connectivity index (χ1v) is 12.4. The number of thiazole rings is 1. The molecule has 7 nitrogen and oxygen atoms in total. The molecule has 0 bridgehead atoms. The van der Waals surface area contributed by atoms with E-state index < -0.39 is 0 Å². The van der Waals surface area contributed by atoms with Crippen LogP contribution in [0.5, 0.6) is 0 Å². The molecule has 0 aliphatic rings. The zero-order chi connectivity index (χ0) is 23.0. The molecule has 0 spiro atoms. The van der Waals surface area contributed by atoms with E-state index in [0.717, 1.165) is 28.0 Å². The number of hydrogen-bond donors (Lipinski definition) is 0. The summed E-state index contributed by atoms with van der Waals surface area (Å²) >= 11 is 2.95. The highest BCUT2D eigenvalue weighted by molar-refractivity contribution is 7.98. The van der Waals surface area contributed by atoms with Crippen molar-refractivity contribution in [1.29, 1.82) is 0 Å². The van der Waals surface area contributed by atoms with Crippen LogP contribution in [-0.4, -0.2) is 24.1 Å². The third-order valence-corrected chi connectivity index (χ3v) is 7.08. The quantitative estimate of drug-likeness (QED) is 0.311. The van der Waals surface area contributed by atoms with Crippen molar-refractivity contribution in [3.8, 4) is 11.4 Å². The maximum atomic E-state index is 12.3. The van der Waals surface area contributed by atoms with Crippen LogP contribution in [0.1, 0.15) is 37.8 Å². The van der Waals surface area contributed by atoms with Crippen molar-refractivity contribution in [2.75, 3.05) is 0 Å². The molecule has 5 rings (SSSR count). The smallest absolute Gasteiger partial charge is 0.258 e. The predicted molar refractivity (Wildman–Crippen MR) is 131 cm³/mol. The molecule has 1 aromatic carbocycles. The van der Waals surface area contributed by atoms with E-state index in [-0.39, 0.29) is 11.0 Å². The summed E-state index contributed by atoms with van der Waals surface area (Å²) in [6.45, 7) is 7.11. The number of thioether (sulfide) groups is 1. The van der Waals surface area contributed by atoms with Crippen molar-refractivity contribution in [2.24, 2.45) is 0 Å². The van der Waals surface area contributed by atoms with Gasteiger partial charge < -0.3 is 4.42 Å². The Morgan fingerprint density at radius 3 is 2.67 bits per heavy atom. The number of nitrogens with zero attached hydrogens (tertiary/aromatic N) is 5. The number of hydrogen-bond acceptors (Lipinski definition) is 7. The van der Waals surface area contributed by atoms with Gasteiger partial charge in [0, 0.05) is 29.0 Å². The molecule has 168 valence electrons. The van der Waals surface area contributed by atoms with Gasteiger partial charge >= 0.3 is 0 Å². The predicted octanol–water partition coefficient (Wildman–Crippen LogP) is 5.25. The van der Waals surface area contributed by atoms with Gasteiger partial charge in [0.1, 0.15) is 5.76 Å². The molecule has 0 radical (unpaired) electrons. The summed E-state index contributed by atoms with van der Waals surface area (Å²) in [4.78, 5) is 17.6. The Kier molecular flexibility index (Phi) is 5.67. The first kappa shape index (κ1) is 21.7. The van der Waals surface area contributed by atoms with Crippen LogP contribution in [0.25, 0.3) is 16.3 Å². The van der Waals surface area contributed by atoms with E-state index in [1.54, 1.807) is 22.9 Å². The third kappa shape index (κ3) is 4.51. The summed E-state index contributed by atoms with van der Waals surface area (Å²) in [6.07, 6.45) is 3.40. The molecule has 0 amide bonds. The summed E-state index contributed by atoms with van der Waals surface area (Å²) in [5.74, 6) is 2.11. The molecular weight excluding hydrogens is 454 g/mol. The lowest BCUT2D eigenvalue weighted by atomic mass is 9.87. The number of fused-ring (bicyclic) bond motifs is 1. The lowest BCUT2D eigenvalue weighted by molar-refractivity contribution is 0.485. The molecule has 0 atom stereocenters. The largest absolute Gasteiger partial charge is 0.467 e. The summed E-state index contributed by atoms with van der Waals surface area (Å²) in [7, 11) is 0. The van der Waals surface area contributed by atoms with Crippen LogP contribution in [0, 0.1) is 0 Å². The summed E-state index contributed by atoms with van der Waals surface area (Å²) in [6, 6.07) is 13.8. The fraction of sp³-hybridized carbons (Fsp3) is 0.250. The minimum Gasteiger partial charge on any atom is -0.467 e. The van der Waals surface area contributed by atoms with Crippen LogP contribution >= 0.6 is 23.1 Å². The van der Waals surface area contributed by atoms with Crippen LogP contribution in [0.3, 0.4) is 0 Å². The summed E-state index contributed by atoms with van der Waals surface area (Å²) < 4.78 is 9.19. The minimum atomic E-state index is -0.0754. The number of benzene rings is 1. The van der Waals surface area contributed by atoms with Crippen LogP contribution in [0.4, 0.5) is 0 Å². The Hall–Kier alpha value is -3.17. The molecular formula is C24H23N5O2S2. The zero-order valence-electron chi connectivity index (χ0n) is 18.6. The van der Waals surface area contributed by atoms with Gasteiger partial charge in [0.15, 0.2) is 15.9 Å². The molecule has 0 saturated heterocycles. The summed E-state index contributed by atoms with van der Waals surface area (Å²) in [5.41, 5.74) is 2.98. The van der Waals surface area contributed by atoms with Crippen LogP contribution < -0.4 is 5.56 Å². The van der Waals surface area contributed by atoms with Gasteiger partial charge in [0.2, 0.25) is 0 Å². The van der Waals surface area contributed by atoms with E-state index in [9.17, 15) is 4.79 Å². The van der Waals surface area contributed by atoms with Crippen molar-refractivity contribution in [3.63, 3.8) is 0 Å². The maximum absolute atomic E-state index is 12.3. The van der Waals surface area contributed by atoms with E-state index in [1.165, 1.54) is 28.7 Å². The van der Waals surface area contributed by atoms with E-state index in [2.05, 4.69) is 60.2 Å². The van der Waals surface area contributed by atoms with Crippen LogP contribution in [0.2, 0.25) is 0 Å². The van der Waals surface area contributed by atoms with Crippen LogP contribution in [-0.2, 0) is 17.7 Å².